The summed E-state index contributed by atoms with van der Waals surface area (Å²) in [5, 5.41) is 1.71. The summed E-state index contributed by atoms with van der Waals surface area (Å²) in [6, 6.07) is 0. The average Bonchev–Trinajstić information content (AvgIpc) is 2.71. The Labute approximate surface area is 133 Å². The first-order chi connectivity index (χ1) is 9.93. The zero-order chi connectivity index (χ0) is 15.6. The minimum atomic E-state index is -0.231. The van der Waals surface area contributed by atoms with Gasteiger partial charge in [-0.2, -0.15) is 0 Å². The van der Waals surface area contributed by atoms with Gasteiger partial charge < -0.3 is 4.74 Å². The van der Waals surface area contributed by atoms with Crippen LogP contribution in [0, 0.1) is 13.8 Å². The van der Waals surface area contributed by atoms with Gasteiger partial charge in [0, 0.05) is 10.3 Å². The summed E-state index contributed by atoms with van der Waals surface area (Å²) >= 11 is 3.14. The Morgan fingerprint density at radius 2 is 2.10 bits per heavy atom. The van der Waals surface area contributed by atoms with Crippen molar-refractivity contribution >= 4 is 39.3 Å². The lowest BCUT2D eigenvalue weighted by atomic mass is 10.2. The lowest BCUT2D eigenvalue weighted by Crippen LogP contribution is -2.22. The number of hydrogen-bond donors (Lipinski definition) is 0. The molecule has 0 aliphatic carbocycles. The fraction of sp³-hybridized carbons (Fsp3) is 0.533. The zero-order valence-electron chi connectivity index (χ0n) is 13.0. The molecule has 21 heavy (non-hydrogen) atoms. The highest BCUT2D eigenvalue weighted by atomic mass is 32.2. The first-order valence-electron chi connectivity index (χ1n) is 7.01. The second kappa shape index (κ2) is 6.75. The first-order valence-corrected chi connectivity index (χ1v) is 8.71. The summed E-state index contributed by atoms with van der Waals surface area (Å²) in [4.78, 5) is 23.1. The van der Waals surface area contributed by atoms with E-state index in [0.29, 0.717) is 6.42 Å². The smallest absolute Gasteiger partial charge is 0.319 e. The van der Waals surface area contributed by atoms with Crippen molar-refractivity contribution in [3.63, 3.8) is 0 Å². The molecule has 2 heterocycles. The number of aromatic nitrogens is 2. The van der Waals surface area contributed by atoms with E-state index in [1.807, 2.05) is 20.8 Å². The van der Waals surface area contributed by atoms with Crippen LogP contribution in [0.5, 0.6) is 0 Å². The van der Waals surface area contributed by atoms with E-state index < -0.39 is 0 Å². The maximum atomic E-state index is 12.1. The standard InChI is InChI=1S/C15H20N2O2S2/c1-6-11(15(18)19-8(2)3)21-14-12-9(4)10(5)20-13(12)16-7-17-14/h7-8,11H,6H2,1-5H3/t11-/m1/s1. The van der Waals surface area contributed by atoms with Crippen molar-refractivity contribution < 1.29 is 9.53 Å². The van der Waals surface area contributed by atoms with Gasteiger partial charge in [0.05, 0.1) is 6.10 Å². The third kappa shape index (κ3) is 3.55. The molecule has 0 radical (unpaired) electrons. The molecule has 0 saturated carbocycles. The molecule has 1 atom stereocenters. The van der Waals surface area contributed by atoms with Gasteiger partial charge in [-0.15, -0.1) is 11.3 Å². The Morgan fingerprint density at radius 3 is 2.71 bits per heavy atom. The number of esters is 1. The van der Waals surface area contributed by atoms with Gasteiger partial charge in [0.2, 0.25) is 0 Å². The van der Waals surface area contributed by atoms with Crippen molar-refractivity contribution in [2.75, 3.05) is 0 Å². The molecule has 2 aromatic heterocycles. The van der Waals surface area contributed by atoms with Gasteiger partial charge in [-0.3, -0.25) is 4.79 Å². The number of carbonyl (C=O) groups is 1. The molecule has 0 spiro atoms. The number of aryl methyl sites for hydroxylation is 2. The molecular weight excluding hydrogens is 304 g/mol. The van der Waals surface area contributed by atoms with Gasteiger partial charge in [0.15, 0.2) is 0 Å². The number of thioether (sulfide) groups is 1. The molecule has 114 valence electrons. The average molecular weight is 324 g/mol. The van der Waals surface area contributed by atoms with Crippen molar-refractivity contribution in [2.45, 2.75) is 57.4 Å². The molecule has 2 rings (SSSR count). The summed E-state index contributed by atoms with van der Waals surface area (Å²) in [5.74, 6) is -0.172. The van der Waals surface area contributed by atoms with Crippen LogP contribution in [0.1, 0.15) is 37.6 Å². The van der Waals surface area contributed by atoms with E-state index in [2.05, 4.69) is 23.8 Å². The number of fused-ring (bicyclic) bond motifs is 1. The molecule has 6 heteroatoms. The highest BCUT2D eigenvalue weighted by molar-refractivity contribution is 8.00. The number of ether oxygens (including phenoxy) is 1. The summed E-state index contributed by atoms with van der Waals surface area (Å²) in [6.07, 6.45) is 2.19. The Kier molecular flexibility index (Phi) is 5.22. The van der Waals surface area contributed by atoms with Gasteiger partial charge in [0.25, 0.3) is 0 Å². The number of nitrogens with zero attached hydrogens (tertiary/aromatic N) is 2. The van der Waals surface area contributed by atoms with Crippen LogP contribution in [0.15, 0.2) is 11.4 Å². The predicted molar refractivity (Wildman–Crippen MR) is 88.1 cm³/mol. The van der Waals surface area contributed by atoms with Crippen LogP contribution in [-0.2, 0) is 9.53 Å². The van der Waals surface area contributed by atoms with Gasteiger partial charge >= 0.3 is 5.97 Å². The number of rotatable bonds is 5. The van der Waals surface area contributed by atoms with Gasteiger partial charge in [-0.05, 0) is 39.7 Å². The summed E-state index contributed by atoms with van der Waals surface area (Å²) in [7, 11) is 0. The topological polar surface area (TPSA) is 52.1 Å². The van der Waals surface area contributed by atoms with E-state index in [9.17, 15) is 4.79 Å². The molecule has 0 N–H and O–H groups in total. The third-order valence-electron chi connectivity index (χ3n) is 3.17. The van der Waals surface area contributed by atoms with Crippen LogP contribution in [0.2, 0.25) is 0 Å². The maximum absolute atomic E-state index is 12.1. The highest BCUT2D eigenvalue weighted by Crippen LogP contribution is 2.36. The minimum absolute atomic E-state index is 0.0947. The van der Waals surface area contributed by atoms with Crippen molar-refractivity contribution in [1.82, 2.24) is 9.97 Å². The monoisotopic (exact) mass is 324 g/mol. The Morgan fingerprint density at radius 1 is 1.38 bits per heavy atom. The molecule has 4 nitrogen and oxygen atoms in total. The summed E-state index contributed by atoms with van der Waals surface area (Å²) < 4.78 is 5.32. The van der Waals surface area contributed by atoms with Crippen molar-refractivity contribution in [3.05, 3.63) is 16.8 Å². The Balaban J connectivity index is 2.31. The molecular formula is C15H20N2O2S2. The van der Waals surface area contributed by atoms with E-state index in [1.54, 1.807) is 17.7 Å². The molecule has 0 amide bonds. The normalized spacial score (nSPS) is 12.9. The lowest BCUT2D eigenvalue weighted by Gasteiger charge is -2.15. The van der Waals surface area contributed by atoms with Crippen molar-refractivity contribution in [3.8, 4) is 0 Å². The SMILES string of the molecule is CC[C@@H](Sc1ncnc2sc(C)c(C)c12)C(=O)OC(C)C. The Hall–Kier alpha value is -1.14. The van der Waals surface area contributed by atoms with Crippen LogP contribution < -0.4 is 0 Å². The second-order valence-corrected chi connectivity index (χ2v) is 7.54. The highest BCUT2D eigenvalue weighted by Gasteiger charge is 2.23. The van der Waals surface area contributed by atoms with E-state index in [0.717, 1.165) is 15.2 Å². The van der Waals surface area contributed by atoms with E-state index in [-0.39, 0.29) is 17.3 Å². The molecule has 0 fully saturated rings. The number of hydrogen-bond acceptors (Lipinski definition) is 6. The number of thiophene rings is 1. The molecule has 2 aromatic rings. The van der Waals surface area contributed by atoms with Crippen LogP contribution in [0.4, 0.5) is 0 Å². The quantitative estimate of drug-likeness (QED) is 0.470. The zero-order valence-corrected chi connectivity index (χ0v) is 14.6. The van der Waals surface area contributed by atoms with Crippen molar-refractivity contribution in [1.29, 1.82) is 0 Å². The van der Waals surface area contributed by atoms with Gasteiger partial charge in [-0.25, -0.2) is 9.97 Å². The van der Waals surface area contributed by atoms with Crippen LogP contribution in [0.3, 0.4) is 0 Å². The lowest BCUT2D eigenvalue weighted by molar-refractivity contribution is -0.146. The maximum Gasteiger partial charge on any atom is 0.319 e. The van der Waals surface area contributed by atoms with E-state index in [4.69, 9.17) is 4.74 Å². The molecule has 0 aromatic carbocycles. The fourth-order valence-corrected chi connectivity index (χ4v) is 4.11. The fourth-order valence-electron chi connectivity index (χ4n) is 1.98. The Bertz CT molecular complexity index is 652. The number of carbonyl (C=O) groups excluding carboxylic acids is 1. The minimum Gasteiger partial charge on any atom is -0.462 e. The molecule has 0 bridgehead atoms. The van der Waals surface area contributed by atoms with Crippen LogP contribution >= 0.6 is 23.1 Å². The molecule has 0 saturated heterocycles. The third-order valence-corrected chi connectivity index (χ3v) is 5.63. The largest absolute Gasteiger partial charge is 0.462 e. The summed E-state index contributed by atoms with van der Waals surface area (Å²) in [6.45, 7) is 9.88. The van der Waals surface area contributed by atoms with Crippen LogP contribution in [0.25, 0.3) is 10.2 Å². The second-order valence-electron chi connectivity index (χ2n) is 5.14. The van der Waals surface area contributed by atoms with Crippen molar-refractivity contribution in [2.24, 2.45) is 0 Å². The van der Waals surface area contributed by atoms with E-state index in [1.165, 1.54) is 22.2 Å². The molecule has 0 aliphatic rings. The first kappa shape index (κ1) is 16.2. The summed E-state index contributed by atoms with van der Waals surface area (Å²) in [5.41, 5.74) is 1.20. The molecule has 0 unspecified atom stereocenters. The molecule has 0 aliphatic heterocycles. The van der Waals surface area contributed by atoms with Gasteiger partial charge in [-0.1, -0.05) is 18.7 Å². The van der Waals surface area contributed by atoms with E-state index >= 15 is 0 Å². The van der Waals surface area contributed by atoms with Crippen LogP contribution in [-0.4, -0.2) is 27.3 Å². The van der Waals surface area contributed by atoms with Gasteiger partial charge in [0.1, 0.15) is 21.4 Å². The predicted octanol–water partition coefficient (Wildman–Crippen LogP) is 4.13.